The summed E-state index contributed by atoms with van der Waals surface area (Å²) in [6, 6.07) is 0. The Balaban J connectivity index is 1.86. The maximum atomic E-state index is 11.9. The molecule has 0 aromatic heterocycles. The third-order valence-electron chi connectivity index (χ3n) is 4.44. The van der Waals surface area contributed by atoms with Crippen LogP contribution in [0.15, 0.2) is 0 Å². The fraction of sp³-hybridized carbons (Fsp3) is 0.923. The van der Waals surface area contributed by atoms with Crippen molar-refractivity contribution in [3.63, 3.8) is 0 Å². The second-order valence-electron chi connectivity index (χ2n) is 5.71. The Kier molecular flexibility index (Phi) is 3.09. The molecule has 108 valence electrons. The Labute approximate surface area is 111 Å². The van der Waals surface area contributed by atoms with Gasteiger partial charge in [-0.05, 0) is 6.42 Å². The summed E-state index contributed by atoms with van der Waals surface area (Å²) in [5.74, 6) is -2.91. The van der Waals surface area contributed by atoms with Crippen LogP contribution in [0.1, 0.15) is 32.6 Å². The third-order valence-corrected chi connectivity index (χ3v) is 4.44. The summed E-state index contributed by atoms with van der Waals surface area (Å²) in [5, 5.41) is 20.6. The number of aliphatic hydroxyl groups excluding tert-OH is 1. The molecule has 3 aliphatic rings. The summed E-state index contributed by atoms with van der Waals surface area (Å²) in [6.07, 6.45) is 1.57. The quantitative estimate of drug-likeness (QED) is 0.551. The predicted molar refractivity (Wildman–Crippen MR) is 63.1 cm³/mol. The molecule has 0 amide bonds. The van der Waals surface area contributed by atoms with Gasteiger partial charge in [-0.15, -0.1) is 0 Å². The van der Waals surface area contributed by atoms with Crippen LogP contribution >= 0.6 is 0 Å². The zero-order chi connectivity index (χ0) is 13.7. The van der Waals surface area contributed by atoms with Gasteiger partial charge in [0.05, 0.1) is 6.61 Å². The van der Waals surface area contributed by atoms with Gasteiger partial charge in [-0.1, -0.05) is 19.8 Å². The standard InChI is InChI=1S/C13H20O6/c1-2-3-4-5-13(16)9-11(15)17-7-12(9)10(19-13)8(14)6-18-12/h8-10,14,16H,2-7H2,1H3/t8-,9?,10+,12+,13-/m1/s1. The van der Waals surface area contributed by atoms with Gasteiger partial charge in [-0.25, -0.2) is 0 Å². The van der Waals surface area contributed by atoms with Crippen molar-refractivity contribution in [3.05, 3.63) is 0 Å². The highest BCUT2D eigenvalue weighted by Gasteiger charge is 2.75. The Hall–Kier alpha value is -0.690. The molecule has 19 heavy (non-hydrogen) atoms. The average molecular weight is 272 g/mol. The molecule has 2 N–H and O–H groups in total. The van der Waals surface area contributed by atoms with Crippen LogP contribution in [0.3, 0.4) is 0 Å². The van der Waals surface area contributed by atoms with Gasteiger partial charge in [0.1, 0.15) is 30.3 Å². The summed E-state index contributed by atoms with van der Waals surface area (Å²) >= 11 is 0. The van der Waals surface area contributed by atoms with E-state index in [0.717, 1.165) is 19.3 Å². The topological polar surface area (TPSA) is 85.2 Å². The summed E-state index contributed by atoms with van der Waals surface area (Å²) < 4.78 is 16.3. The van der Waals surface area contributed by atoms with Crippen molar-refractivity contribution >= 4 is 5.97 Å². The molecule has 0 bridgehead atoms. The zero-order valence-electron chi connectivity index (χ0n) is 11.0. The van der Waals surface area contributed by atoms with E-state index in [1.807, 2.05) is 0 Å². The molecular weight excluding hydrogens is 252 g/mol. The second kappa shape index (κ2) is 4.41. The van der Waals surface area contributed by atoms with E-state index in [4.69, 9.17) is 14.2 Å². The first-order valence-electron chi connectivity index (χ1n) is 6.92. The van der Waals surface area contributed by atoms with E-state index in [9.17, 15) is 15.0 Å². The molecule has 3 fully saturated rings. The zero-order valence-corrected chi connectivity index (χ0v) is 11.0. The van der Waals surface area contributed by atoms with Gasteiger partial charge in [-0.2, -0.15) is 0 Å². The second-order valence-corrected chi connectivity index (χ2v) is 5.71. The van der Waals surface area contributed by atoms with Crippen LogP contribution in [0.2, 0.25) is 0 Å². The lowest BCUT2D eigenvalue weighted by Gasteiger charge is -2.28. The van der Waals surface area contributed by atoms with Crippen molar-refractivity contribution in [1.82, 2.24) is 0 Å². The summed E-state index contributed by atoms with van der Waals surface area (Å²) in [4.78, 5) is 11.9. The van der Waals surface area contributed by atoms with Gasteiger partial charge in [-0.3, -0.25) is 4.79 Å². The third kappa shape index (κ3) is 1.74. The number of unbranched alkanes of at least 4 members (excludes halogenated alkanes) is 2. The van der Waals surface area contributed by atoms with Crippen LogP contribution in [0.5, 0.6) is 0 Å². The molecule has 1 unspecified atom stereocenters. The number of cyclic esters (lactones) is 1. The first-order valence-corrected chi connectivity index (χ1v) is 6.92. The molecule has 3 saturated heterocycles. The molecule has 3 rings (SSSR count). The first-order chi connectivity index (χ1) is 9.03. The van der Waals surface area contributed by atoms with Gasteiger partial charge >= 0.3 is 5.97 Å². The Morgan fingerprint density at radius 3 is 2.95 bits per heavy atom. The molecule has 3 heterocycles. The lowest BCUT2D eigenvalue weighted by atomic mass is 9.81. The minimum atomic E-state index is -1.57. The Bertz CT molecular complexity index is 385. The molecule has 0 aromatic carbocycles. The van der Waals surface area contributed by atoms with E-state index in [1.54, 1.807) is 0 Å². The molecule has 1 spiro atoms. The Morgan fingerprint density at radius 1 is 1.42 bits per heavy atom. The van der Waals surface area contributed by atoms with Gasteiger partial charge in [0, 0.05) is 6.42 Å². The first kappa shape index (κ1) is 13.3. The lowest BCUT2D eigenvalue weighted by Crippen LogP contribution is -2.47. The number of ether oxygens (including phenoxy) is 3. The number of carbonyl (C=O) groups is 1. The number of hydrogen-bond donors (Lipinski definition) is 2. The average Bonchev–Trinajstić information content (AvgIpc) is 2.94. The van der Waals surface area contributed by atoms with E-state index in [2.05, 4.69) is 6.92 Å². The van der Waals surface area contributed by atoms with E-state index in [0.29, 0.717) is 6.42 Å². The summed E-state index contributed by atoms with van der Waals surface area (Å²) in [5.41, 5.74) is -1.00. The van der Waals surface area contributed by atoms with Gasteiger partial charge in [0.2, 0.25) is 0 Å². The molecule has 6 nitrogen and oxygen atoms in total. The maximum Gasteiger partial charge on any atom is 0.317 e. The van der Waals surface area contributed by atoms with Gasteiger partial charge in [0.25, 0.3) is 0 Å². The highest BCUT2D eigenvalue weighted by molar-refractivity contribution is 5.78. The highest BCUT2D eigenvalue weighted by Crippen LogP contribution is 2.54. The van der Waals surface area contributed by atoms with E-state index in [1.165, 1.54) is 0 Å². The molecule has 3 aliphatic heterocycles. The minimum absolute atomic E-state index is 0.0499. The van der Waals surface area contributed by atoms with E-state index >= 15 is 0 Å². The monoisotopic (exact) mass is 272 g/mol. The fourth-order valence-electron chi connectivity index (χ4n) is 3.52. The van der Waals surface area contributed by atoms with Crippen molar-refractivity contribution < 1.29 is 29.2 Å². The fourth-order valence-corrected chi connectivity index (χ4v) is 3.52. The lowest BCUT2D eigenvalue weighted by molar-refractivity contribution is -0.231. The summed E-state index contributed by atoms with van der Waals surface area (Å²) in [7, 11) is 0. The molecule has 5 atom stereocenters. The summed E-state index contributed by atoms with van der Waals surface area (Å²) in [6.45, 7) is 2.23. The maximum absolute atomic E-state index is 11.9. The largest absolute Gasteiger partial charge is 0.462 e. The van der Waals surface area contributed by atoms with Crippen LogP contribution in [-0.2, 0) is 19.0 Å². The van der Waals surface area contributed by atoms with Crippen molar-refractivity contribution in [2.75, 3.05) is 13.2 Å². The van der Waals surface area contributed by atoms with Crippen molar-refractivity contribution in [1.29, 1.82) is 0 Å². The number of aliphatic hydroxyl groups is 2. The predicted octanol–water partition coefficient (Wildman–Crippen LogP) is -0.0430. The minimum Gasteiger partial charge on any atom is -0.462 e. The SMILES string of the molecule is CCCCC[C@@]1(O)O[C@H]2[C@H](O)CO[C@]23COC(=O)C13. The molecule has 0 saturated carbocycles. The molecule has 0 radical (unpaired) electrons. The van der Waals surface area contributed by atoms with Crippen molar-refractivity contribution in [2.24, 2.45) is 5.92 Å². The van der Waals surface area contributed by atoms with E-state index in [-0.39, 0.29) is 13.2 Å². The van der Waals surface area contributed by atoms with Crippen molar-refractivity contribution in [2.45, 2.75) is 56.2 Å². The van der Waals surface area contributed by atoms with Crippen LogP contribution < -0.4 is 0 Å². The normalized spacial score (nSPS) is 48.2. The highest BCUT2D eigenvalue weighted by atomic mass is 16.7. The Morgan fingerprint density at radius 2 is 2.21 bits per heavy atom. The van der Waals surface area contributed by atoms with Gasteiger partial charge in [0.15, 0.2) is 5.79 Å². The van der Waals surface area contributed by atoms with Crippen molar-refractivity contribution in [3.8, 4) is 0 Å². The number of esters is 1. The molecule has 6 heteroatoms. The molecule has 0 aliphatic carbocycles. The van der Waals surface area contributed by atoms with Crippen LogP contribution in [0, 0.1) is 5.92 Å². The number of carbonyl (C=O) groups excluding carboxylic acids is 1. The number of hydrogen-bond acceptors (Lipinski definition) is 6. The van der Waals surface area contributed by atoms with Crippen LogP contribution in [0.4, 0.5) is 0 Å². The molecular formula is C13H20O6. The van der Waals surface area contributed by atoms with Crippen LogP contribution in [-0.4, -0.2) is 53.0 Å². The smallest absolute Gasteiger partial charge is 0.317 e. The van der Waals surface area contributed by atoms with Crippen LogP contribution in [0.25, 0.3) is 0 Å². The van der Waals surface area contributed by atoms with Gasteiger partial charge < -0.3 is 24.4 Å². The molecule has 0 aromatic rings. The van der Waals surface area contributed by atoms with E-state index < -0.39 is 35.5 Å². The number of rotatable bonds is 4.